The SMILES string of the molecule is CC(C)n1cnc(S(=O)(=O)N2CC(N3CCc4ccccc4C3)C2)c1. The molecule has 0 atom stereocenters. The summed E-state index contributed by atoms with van der Waals surface area (Å²) in [6.07, 6.45) is 4.26. The second-order valence-corrected chi connectivity index (χ2v) is 9.10. The first-order valence-corrected chi connectivity index (χ1v) is 10.2. The molecule has 0 amide bonds. The molecule has 25 heavy (non-hydrogen) atoms. The molecule has 6 nitrogen and oxygen atoms in total. The predicted octanol–water partition coefficient (Wildman–Crippen LogP) is 1.90. The van der Waals surface area contributed by atoms with Gasteiger partial charge in [-0.25, -0.2) is 13.4 Å². The van der Waals surface area contributed by atoms with Crippen LogP contribution in [0.2, 0.25) is 0 Å². The molecular weight excluding hydrogens is 336 g/mol. The highest BCUT2D eigenvalue weighted by Gasteiger charge is 2.41. The maximum absolute atomic E-state index is 12.7. The van der Waals surface area contributed by atoms with Crippen LogP contribution in [0, 0.1) is 0 Å². The Morgan fingerprint density at radius 1 is 1.16 bits per heavy atom. The number of nitrogens with zero attached hydrogens (tertiary/aromatic N) is 4. The summed E-state index contributed by atoms with van der Waals surface area (Å²) >= 11 is 0. The third-order valence-electron chi connectivity index (χ3n) is 5.28. The van der Waals surface area contributed by atoms with E-state index in [1.807, 2.05) is 18.4 Å². The molecule has 0 unspecified atom stereocenters. The van der Waals surface area contributed by atoms with E-state index in [0.717, 1.165) is 19.5 Å². The molecule has 7 heteroatoms. The summed E-state index contributed by atoms with van der Waals surface area (Å²) in [7, 11) is -3.47. The van der Waals surface area contributed by atoms with Crippen molar-refractivity contribution in [2.45, 2.75) is 43.9 Å². The van der Waals surface area contributed by atoms with Crippen LogP contribution < -0.4 is 0 Å². The second-order valence-electron chi connectivity index (χ2n) is 7.22. The van der Waals surface area contributed by atoms with Crippen molar-refractivity contribution in [2.75, 3.05) is 19.6 Å². The van der Waals surface area contributed by atoms with Gasteiger partial charge in [-0.1, -0.05) is 24.3 Å². The van der Waals surface area contributed by atoms with Crippen LogP contribution in [0.3, 0.4) is 0 Å². The summed E-state index contributed by atoms with van der Waals surface area (Å²) in [5, 5.41) is 0.156. The first-order valence-electron chi connectivity index (χ1n) is 8.79. The van der Waals surface area contributed by atoms with E-state index in [1.54, 1.807) is 16.8 Å². The molecule has 0 spiro atoms. The summed E-state index contributed by atoms with van der Waals surface area (Å²) in [6, 6.07) is 9.03. The topological polar surface area (TPSA) is 58.4 Å². The average Bonchev–Trinajstić information content (AvgIpc) is 3.04. The quantitative estimate of drug-likeness (QED) is 0.836. The van der Waals surface area contributed by atoms with Crippen molar-refractivity contribution in [1.82, 2.24) is 18.8 Å². The maximum Gasteiger partial charge on any atom is 0.262 e. The molecule has 1 saturated heterocycles. The van der Waals surface area contributed by atoms with Gasteiger partial charge in [-0.2, -0.15) is 4.31 Å². The molecule has 0 saturated carbocycles. The molecule has 3 heterocycles. The Balaban J connectivity index is 1.41. The molecule has 4 rings (SSSR count). The lowest BCUT2D eigenvalue weighted by Gasteiger charge is -2.45. The second kappa shape index (κ2) is 6.23. The van der Waals surface area contributed by atoms with Gasteiger partial charge in [0.05, 0.1) is 6.33 Å². The van der Waals surface area contributed by atoms with Crippen LogP contribution >= 0.6 is 0 Å². The summed E-state index contributed by atoms with van der Waals surface area (Å²) in [5.74, 6) is 0. The molecule has 2 aromatic rings. The number of fused-ring (bicyclic) bond motifs is 1. The van der Waals surface area contributed by atoms with Crippen LogP contribution in [-0.2, 0) is 23.0 Å². The van der Waals surface area contributed by atoms with Crippen LogP contribution in [0.15, 0.2) is 41.8 Å². The molecule has 2 aliphatic heterocycles. The van der Waals surface area contributed by atoms with Crippen LogP contribution in [0.1, 0.15) is 31.0 Å². The number of sulfonamides is 1. The van der Waals surface area contributed by atoms with E-state index in [0.29, 0.717) is 19.1 Å². The summed E-state index contributed by atoms with van der Waals surface area (Å²) in [5.41, 5.74) is 2.78. The Hall–Kier alpha value is -1.70. The zero-order chi connectivity index (χ0) is 17.6. The lowest BCUT2D eigenvalue weighted by molar-refractivity contribution is 0.0767. The Bertz CT molecular complexity index is 869. The van der Waals surface area contributed by atoms with Gasteiger partial charge < -0.3 is 4.57 Å². The molecule has 1 aromatic carbocycles. The van der Waals surface area contributed by atoms with Gasteiger partial charge in [0.15, 0.2) is 5.03 Å². The highest BCUT2D eigenvalue weighted by Crippen LogP contribution is 2.28. The van der Waals surface area contributed by atoms with Gasteiger partial charge in [0, 0.05) is 44.5 Å². The van der Waals surface area contributed by atoms with Gasteiger partial charge in [0.1, 0.15) is 0 Å². The third-order valence-corrected chi connectivity index (χ3v) is 7.00. The minimum atomic E-state index is -3.47. The third kappa shape index (κ3) is 3.01. The molecule has 1 aromatic heterocycles. The first-order chi connectivity index (χ1) is 11.9. The Morgan fingerprint density at radius 3 is 2.56 bits per heavy atom. The van der Waals surface area contributed by atoms with Crippen molar-refractivity contribution in [2.24, 2.45) is 0 Å². The Labute approximate surface area is 149 Å². The monoisotopic (exact) mass is 360 g/mol. The molecule has 0 radical (unpaired) electrons. The van der Waals surface area contributed by atoms with Gasteiger partial charge in [0.2, 0.25) is 0 Å². The maximum atomic E-state index is 12.7. The van der Waals surface area contributed by atoms with Crippen molar-refractivity contribution < 1.29 is 8.42 Å². The average molecular weight is 360 g/mol. The van der Waals surface area contributed by atoms with E-state index < -0.39 is 10.0 Å². The number of hydrogen-bond donors (Lipinski definition) is 0. The molecule has 2 aliphatic rings. The van der Waals surface area contributed by atoms with Crippen molar-refractivity contribution >= 4 is 10.0 Å². The molecule has 0 bridgehead atoms. The predicted molar refractivity (Wildman–Crippen MR) is 95.7 cm³/mol. The van der Waals surface area contributed by atoms with E-state index in [-0.39, 0.29) is 11.1 Å². The van der Waals surface area contributed by atoms with E-state index >= 15 is 0 Å². The highest BCUT2D eigenvalue weighted by molar-refractivity contribution is 7.89. The number of rotatable bonds is 4. The zero-order valence-electron chi connectivity index (χ0n) is 14.7. The minimum absolute atomic E-state index is 0.156. The molecule has 0 N–H and O–H groups in total. The highest BCUT2D eigenvalue weighted by atomic mass is 32.2. The van der Waals surface area contributed by atoms with Gasteiger partial charge in [-0.15, -0.1) is 0 Å². The van der Waals surface area contributed by atoms with Crippen molar-refractivity contribution in [1.29, 1.82) is 0 Å². The lowest BCUT2D eigenvalue weighted by atomic mass is 9.97. The normalized spacial score (nSPS) is 19.8. The Morgan fingerprint density at radius 2 is 1.88 bits per heavy atom. The summed E-state index contributed by atoms with van der Waals surface area (Å²) in [4.78, 5) is 6.50. The molecular formula is C18H24N4O2S. The van der Waals surface area contributed by atoms with E-state index in [4.69, 9.17) is 0 Å². The molecule has 134 valence electrons. The van der Waals surface area contributed by atoms with E-state index in [9.17, 15) is 8.42 Å². The molecule has 1 fully saturated rings. The van der Waals surface area contributed by atoms with Gasteiger partial charge in [-0.05, 0) is 31.4 Å². The fraction of sp³-hybridized carbons (Fsp3) is 0.500. The van der Waals surface area contributed by atoms with E-state index in [1.165, 1.54) is 11.1 Å². The van der Waals surface area contributed by atoms with Crippen molar-refractivity contribution in [3.63, 3.8) is 0 Å². The fourth-order valence-electron chi connectivity index (χ4n) is 3.54. The lowest BCUT2D eigenvalue weighted by Crippen LogP contribution is -2.61. The summed E-state index contributed by atoms with van der Waals surface area (Å²) < 4.78 is 28.8. The first kappa shape index (κ1) is 16.8. The number of benzene rings is 1. The number of hydrogen-bond acceptors (Lipinski definition) is 4. The Kier molecular flexibility index (Phi) is 4.17. The minimum Gasteiger partial charge on any atom is -0.334 e. The standard InChI is InChI=1S/C18H24N4O2S/c1-14(2)21-12-18(19-13-21)25(23,24)22-10-17(11-22)20-8-7-15-5-3-4-6-16(15)9-20/h3-6,12-14,17H,7-11H2,1-2H3. The van der Waals surface area contributed by atoms with Crippen LogP contribution in [-0.4, -0.2) is 52.9 Å². The number of aromatic nitrogens is 2. The summed E-state index contributed by atoms with van der Waals surface area (Å²) in [6.45, 7) is 7.03. The van der Waals surface area contributed by atoms with Gasteiger partial charge >= 0.3 is 0 Å². The van der Waals surface area contributed by atoms with Crippen LogP contribution in [0.4, 0.5) is 0 Å². The largest absolute Gasteiger partial charge is 0.334 e. The fourth-order valence-corrected chi connectivity index (χ4v) is 4.98. The number of imidazole rings is 1. The van der Waals surface area contributed by atoms with Gasteiger partial charge in [0.25, 0.3) is 10.0 Å². The van der Waals surface area contributed by atoms with E-state index in [2.05, 4.69) is 34.1 Å². The van der Waals surface area contributed by atoms with Gasteiger partial charge in [-0.3, -0.25) is 4.90 Å². The molecule has 0 aliphatic carbocycles. The van der Waals surface area contributed by atoms with Crippen LogP contribution in [0.25, 0.3) is 0 Å². The zero-order valence-corrected chi connectivity index (χ0v) is 15.5. The smallest absolute Gasteiger partial charge is 0.262 e. The van der Waals surface area contributed by atoms with Crippen molar-refractivity contribution in [3.8, 4) is 0 Å². The van der Waals surface area contributed by atoms with Crippen LogP contribution in [0.5, 0.6) is 0 Å². The van der Waals surface area contributed by atoms with Crippen molar-refractivity contribution in [3.05, 3.63) is 47.9 Å².